The summed E-state index contributed by atoms with van der Waals surface area (Å²) < 4.78 is 53.8. The number of carbonyl (C=O) groups excluding carboxylic acids is 1. The highest BCUT2D eigenvalue weighted by Crippen LogP contribution is 2.52. The predicted octanol–water partition coefficient (Wildman–Crippen LogP) is 5.04. The lowest BCUT2D eigenvalue weighted by Gasteiger charge is -2.40. The number of rotatable bonds is 11. The van der Waals surface area contributed by atoms with Gasteiger partial charge in [-0.1, -0.05) is 41.4 Å². The first-order valence-corrected chi connectivity index (χ1v) is 16.2. The van der Waals surface area contributed by atoms with Crippen LogP contribution >= 0.6 is 23.2 Å². The Labute approximate surface area is 259 Å². The number of aliphatic hydroxyl groups is 2. The molecule has 2 N–H and O–H groups in total. The van der Waals surface area contributed by atoms with Crippen LogP contribution in [-0.4, -0.2) is 62.6 Å². The number of amides is 1. The van der Waals surface area contributed by atoms with Crippen LogP contribution in [0.5, 0.6) is 0 Å². The second kappa shape index (κ2) is 11.4. The summed E-state index contributed by atoms with van der Waals surface area (Å²) in [5, 5.41) is 21.7. The van der Waals surface area contributed by atoms with Crippen LogP contribution in [0.4, 0.5) is 4.39 Å². The normalized spacial score (nSPS) is 20.7. The highest BCUT2D eigenvalue weighted by molar-refractivity contribution is 7.90. The molecule has 0 saturated heterocycles. The summed E-state index contributed by atoms with van der Waals surface area (Å²) in [4.78, 5) is 15.6. The number of benzene rings is 3. The van der Waals surface area contributed by atoms with Gasteiger partial charge in [-0.3, -0.25) is 9.69 Å². The first kappa shape index (κ1) is 31.8. The average Bonchev–Trinajstić information content (AvgIpc) is 3.69. The standard InChI is InChI=1S/C31H32Cl2FNO7S/c1-29(38,17-41-2)21-12-24-27(25(34)13-21)31(20-5-8-22(32)9-6-20,42-18-30(16-36)10-11-30)35(28(24)37)15-19-4-7-23(33)14-26(19)43(3,39)40/h4-9,12-14,36,38H,10-11,15-18H2,1-3H3/t29-,31-/m1/s1. The van der Waals surface area contributed by atoms with Crippen molar-refractivity contribution in [2.24, 2.45) is 5.41 Å². The lowest BCUT2D eigenvalue weighted by atomic mass is 9.88. The number of halogens is 3. The van der Waals surface area contributed by atoms with Crippen LogP contribution in [0.15, 0.2) is 59.5 Å². The minimum absolute atomic E-state index is 0.0164. The third-order valence-electron chi connectivity index (χ3n) is 8.20. The van der Waals surface area contributed by atoms with E-state index in [9.17, 15) is 23.4 Å². The molecule has 230 valence electrons. The Bertz CT molecular complexity index is 1680. The molecule has 0 radical (unpaired) electrons. The van der Waals surface area contributed by atoms with Gasteiger partial charge in [0.05, 0.1) is 42.4 Å². The Hall–Kier alpha value is -2.57. The number of ether oxygens (including phenoxy) is 2. The third kappa shape index (κ3) is 5.82. The van der Waals surface area contributed by atoms with Crippen LogP contribution in [0.2, 0.25) is 10.0 Å². The van der Waals surface area contributed by atoms with Crippen molar-refractivity contribution in [2.75, 3.05) is 33.2 Å². The molecular formula is C31H32Cl2FNO7S. The van der Waals surface area contributed by atoms with E-state index in [4.69, 9.17) is 32.7 Å². The van der Waals surface area contributed by atoms with Crippen molar-refractivity contribution in [3.63, 3.8) is 0 Å². The van der Waals surface area contributed by atoms with E-state index in [2.05, 4.69) is 0 Å². The summed E-state index contributed by atoms with van der Waals surface area (Å²) in [5.74, 6) is -1.47. The second-order valence-corrected chi connectivity index (χ2v) is 14.5. The summed E-state index contributed by atoms with van der Waals surface area (Å²) in [6.07, 6.45) is 2.39. The number of aliphatic hydroxyl groups excluding tert-OH is 1. The molecule has 2 aliphatic rings. The molecule has 1 heterocycles. The molecule has 0 aromatic heterocycles. The van der Waals surface area contributed by atoms with Gasteiger partial charge < -0.3 is 19.7 Å². The van der Waals surface area contributed by atoms with Crippen molar-refractivity contribution in [3.8, 4) is 0 Å². The number of carbonyl (C=O) groups is 1. The van der Waals surface area contributed by atoms with Gasteiger partial charge in [0, 0.05) is 34.4 Å². The molecule has 3 aromatic rings. The van der Waals surface area contributed by atoms with Crippen molar-refractivity contribution in [1.29, 1.82) is 0 Å². The summed E-state index contributed by atoms with van der Waals surface area (Å²) >= 11 is 12.4. The minimum Gasteiger partial charge on any atom is -0.396 e. The maximum Gasteiger partial charge on any atom is 0.257 e. The SMILES string of the molecule is COC[C@@](C)(O)c1cc(F)c2c(c1)C(=O)N(Cc1ccc(Cl)cc1S(C)(=O)=O)[C@@]2(OCC1(CO)CC1)c1ccc(Cl)cc1. The largest absolute Gasteiger partial charge is 0.396 e. The van der Waals surface area contributed by atoms with Gasteiger partial charge in [0.15, 0.2) is 15.6 Å². The minimum atomic E-state index is -3.79. The molecule has 5 rings (SSSR count). The van der Waals surface area contributed by atoms with Gasteiger partial charge in [0.1, 0.15) is 11.4 Å². The molecule has 3 aromatic carbocycles. The van der Waals surface area contributed by atoms with Crippen molar-refractivity contribution in [2.45, 2.75) is 42.5 Å². The van der Waals surface area contributed by atoms with Gasteiger partial charge >= 0.3 is 0 Å². The summed E-state index contributed by atoms with van der Waals surface area (Å²) in [7, 11) is -2.40. The maximum atomic E-state index is 16.5. The Kier molecular flexibility index (Phi) is 8.45. The molecule has 0 unspecified atom stereocenters. The monoisotopic (exact) mass is 651 g/mol. The molecule has 2 atom stereocenters. The Morgan fingerprint density at radius 1 is 1.07 bits per heavy atom. The predicted molar refractivity (Wildman–Crippen MR) is 159 cm³/mol. The molecule has 1 saturated carbocycles. The van der Waals surface area contributed by atoms with Crippen LogP contribution < -0.4 is 0 Å². The van der Waals surface area contributed by atoms with Crippen LogP contribution in [0, 0.1) is 11.2 Å². The van der Waals surface area contributed by atoms with Gasteiger partial charge in [-0.15, -0.1) is 0 Å². The molecule has 1 fully saturated rings. The lowest BCUT2D eigenvalue weighted by molar-refractivity contribution is -0.130. The average molecular weight is 653 g/mol. The highest BCUT2D eigenvalue weighted by Gasteiger charge is 2.56. The highest BCUT2D eigenvalue weighted by atomic mass is 35.5. The van der Waals surface area contributed by atoms with Crippen molar-refractivity contribution in [3.05, 3.63) is 98.3 Å². The van der Waals surface area contributed by atoms with E-state index in [1.807, 2.05) is 0 Å². The van der Waals surface area contributed by atoms with Crippen LogP contribution in [-0.2, 0) is 37.2 Å². The van der Waals surface area contributed by atoms with Crippen LogP contribution in [0.25, 0.3) is 0 Å². The summed E-state index contributed by atoms with van der Waals surface area (Å²) in [6.45, 7) is 0.801. The number of sulfone groups is 1. The number of hydrogen-bond acceptors (Lipinski definition) is 7. The summed E-state index contributed by atoms with van der Waals surface area (Å²) in [6, 6.07) is 13.3. The van der Waals surface area contributed by atoms with E-state index in [0.717, 1.165) is 12.3 Å². The van der Waals surface area contributed by atoms with Crippen LogP contribution in [0.1, 0.15) is 52.4 Å². The summed E-state index contributed by atoms with van der Waals surface area (Å²) in [5.41, 5.74) is -3.52. The van der Waals surface area contributed by atoms with E-state index in [-0.39, 0.29) is 58.5 Å². The zero-order chi connectivity index (χ0) is 31.4. The zero-order valence-corrected chi connectivity index (χ0v) is 26.2. The topological polar surface area (TPSA) is 113 Å². The molecular weight excluding hydrogens is 620 g/mol. The molecule has 1 aliphatic carbocycles. The third-order valence-corrected chi connectivity index (χ3v) is 9.87. The fraction of sp³-hybridized carbons (Fsp3) is 0.387. The molecule has 8 nitrogen and oxygen atoms in total. The number of hydrogen-bond donors (Lipinski definition) is 2. The van der Waals surface area contributed by atoms with Gasteiger partial charge in [-0.2, -0.15) is 0 Å². The Balaban J connectivity index is 1.78. The van der Waals surface area contributed by atoms with E-state index < -0.39 is 38.3 Å². The van der Waals surface area contributed by atoms with Crippen molar-refractivity contribution in [1.82, 2.24) is 4.90 Å². The number of methoxy groups -OCH3 is 1. The molecule has 0 bridgehead atoms. The molecule has 43 heavy (non-hydrogen) atoms. The Morgan fingerprint density at radius 3 is 2.30 bits per heavy atom. The van der Waals surface area contributed by atoms with Crippen molar-refractivity contribution < 1.29 is 37.3 Å². The smallest absolute Gasteiger partial charge is 0.257 e. The van der Waals surface area contributed by atoms with E-state index >= 15 is 4.39 Å². The molecule has 1 amide bonds. The number of nitrogens with zero attached hydrogens (tertiary/aromatic N) is 1. The van der Waals surface area contributed by atoms with Gasteiger partial charge in [0.25, 0.3) is 5.91 Å². The maximum absolute atomic E-state index is 16.5. The van der Waals surface area contributed by atoms with Crippen LogP contribution in [0.3, 0.4) is 0 Å². The first-order chi connectivity index (χ1) is 20.2. The second-order valence-electron chi connectivity index (χ2n) is 11.6. The van der Waals surface area contributed by atoms with E-state index in [1.165, 1.54) is 43.2 Å². The first-order valence-electron chi connectivity index (χ1n) is 13.5. The lowest BCUT2D eigenvalue weighted by Crippen LogP contribution is -2.48. The zero-order valence-electron chi connectivity index (χ0n) is 23.9. The fourth-order valence-electron chi connectivity index (χ4n) is 5.57. The molecule has 12 heteroatoms. The number of fused-ring (bicyclic) bond motifs is 1. The molecule has 1 aliphatic heterocycles. The fourth-order valence-corrected chi connectivity index (χ4v) is 6.88. The Morgan fingerprint density at radius 2 is 1.72 bits per heavy atom. The van der Waals surface area contributed by atoms with E-state index in [1.54, 1.807) is 24.3 Å². The molecule has 0 spiro atoms. The van der Waals surface area contributed by atoms with Gasteiger partial charge in [-0.25, -0.2) is 12.8 Å². The van der Waals surface area contributed by atoms with E-state index in [0.29, 0.717) is 23.4 Å². The van der Waals surface area contributed by atoms with Gasteiger partial charge in [-0.05, 0) is 67.3 Å². The quantitative estimate of drug-likeness (QED) is 0.299. The van der Waals surface area contributed by atoms with Gasteiger partial charge in [0.2, 0.25) is 0 Å². The van der Waals surface area contributed by atoms with Crippen molar-refractivity contribution >= 4 is 38.9 Å².